The molecule has 5 heteroatoms. The van der Waals surface area contributed by atoms with E-state index < -0.39 is 0 Å². The maximum Gasteiger partial charge on any atom is 0.195 e. The summed E-state index contributed by atoms with van der Waals surface area (Å²) in [6.07, 6.45) is 4.43. The molecule has 0 bridgehead atoms. The molecule has 0 N–H and O–H groups in total. The first-order valence-electron chi connectivity index (χ1n) is 7.17. The van der Waals surface area contributed by atoms with Gasteiger partial charge >= 0.3 is 0 Å². The quantitative estimate of drug-likeness (QED) is 0.613. The van der Waals surface area contributed by atoms with Crippen LogP contribution in [0.5, 0.6) is 0 Å². The lowest BCUT2D eigenvalue weighted by atomic mass is 9.96. The second-order valence-corrected chi connectivity index (χ2v) is 6.89. The fourth-order valence-electron chi connectivity index (χ4n) is 3.15. The van der Waals surface area contributed by atoms with Crippen molar-refractivity contribution >= 4 is 43.7 Å². The van der Waals surface area contributed by atoms with Gasteiger partial charge in [-0.3, -0.25) is 4.40 Å². The van der Waals surface area contributed by atoms with E-state index in [4.69, 9.17) is 4.98 Å². The van der Waals surface area contributed by atoms with Crippen LogP contribution in [0.15, 0.2) is 35.8 Å². The molecule has 1 atom stereocenters. The van der Waals surface area contributed by atoms with Crippen molar-refractivity contribution in [2.24, 2.45) is 0 Å². The van der Waals surface area contributed by atoms with Gasteiger partial charge in [0.2, 0.25) is 0 Å². The standard InChI is InChI=1S/C16H16BrN3S/c1-11-6-7-12-4-2-3-5-13(12)20(11)15-14(10-17)19-8-9-21-16(19)18-15/h2-5,8-9,11H,6-7,10H2,1H3. The maximum atomic E-state index is 4.89. The third kappa shape index (κ3) is 2.02. The molecule has 4 rings (SSSR count). The molecular formula is C16H16BrN3S. The van der Waals surface area contributed by atoms with Crippen LogP contribution in [0.25, 0.3) is 4.96 Å². The molecule has 1 aromatic carbocycles. The molecule has 0 spiro atoms. The number of alkyl halides is 1. The van der Waals surface area contributed by atoms with Crippen LogP contribution < -0.4 is 4.90 Å². The lowest BCUT2D eigenvalue weighted by Gasteiger charge is -2.36. The Hall–Kier alpha value is -1.33. The fraction of sp³-hybridized carbons (Fsp3) is 0.312. The number of para-hydroxylation sites is 1. The highest BCUT2D eigenvalue weighted by atomic mass is 79.9. The van der Waals surface area contributed by atoms with Gasteiger partial charge in [-0.05, 0) is 31.4 Å². The summed E-state index contributed by atoms with van der Waals surface area (Å²) in [5, 5.41) is 2.90. The van der Waals surface area contributed by atoms with Gasteiger partial charge in [0, 0.05) is 28.6 Å². The van der Waals surface area contributed by atoms with Crippen LogP contribution in [0.2, 0.25) is 0 Å². The van der Waals surface area contributed by atoms with E-state index in [0.717, 1.165) is 22.5 Å². The molecule has 1 aliphatic heterocycles. The minimum atomic E-state index is 0.474. The van der Waals surface area contributed by atoms with E-state index >= 15 is 0 Å². The first-order valence-corrected chi connectivity index (χ1v) is 9.17. The lowest BCUT2D eigenvalue weighted by molar-refractivity contribution is 0.613. The van der Waals surface area contributed by atoms with E-state index in [2.05, 4.69) is 68.0 Å². The Labute approximate surface area is 136 Å². The Kier molecular flexibility index (Phi) is 3.27. The summed E-state index contributed by atoms with van der Waals surface area (Å²) in [6.45, 7) is 2.29. The van der Waals surface area contributed by atoms with Crippen LogP contribution >= 0.6 is 27.3 Å². The van der Waals surface area contributed by atoms with Gasteiger partial charge in [-0.2, -0.15) is 0 Å². The van der Waals surface area contributed by atoms with Gasteiger partial charge in [-0.25, -0.2) is 4.98 Å². The molecule has 0 fully saturated rings. The van der Waals surface area contributed by atoms with Crippen LogP contribution in [0.1, 0.15) is 24.6 Å². The molecule has 3 heterocycles. The average molecular weight is 362 g/mol. The van der Waals surface area contributed by atoms with Crippen molar-refractivity contribution in [2.45, 2.75) is 31.1 Å². The zero-order valence-electron chi connectivity index (χ0n) is 11.8. The van der Waals surface area contributed by atoms with E-state index in [-0.39, 0.29) is 0 Å². The normalized spacial score (nSPS) is 18.2. The molecule has 0 amide bonds. The number of benzene rings is 1. The van der Waals surface area contributed by atoms with E-state index in [9.17, 15) is 0 Å². The van der Waals surface area contributed by atoms with Gasteiger partial charge in [0.05, 0.1) is 5.69 Å². The molecular weight excluding hydrogens is 346 g/mol. The highest BCUT2D eigenvalue weighted by Crippen LogP contribution is 2.39. The summed E-state index contributed by atoms with van der Waals surface area (Å²) in [5.41, 5.74) is 3.96. The van der Waals surface area contributed by atoms with Gasteiger partial charge in [0.15, 0.2) is 10.8 Å². The van der Waals surface area contributed by atoms with Crippen LogP contribution in [0.4, 0.5) is 11.5 Å². The van der Waals surface area contributed by atoms with Crippen molar-refractivity contribution in [1.82, 2.24) is 9.38 Å². The summed E-state index contributed by atoms with van der Waals surface area (Å²) in [5.74, 6) is 1.10. The summed E-state index contributed by atoms with van der Waals surface area (Å²) < 4.78 is 2.19. The molecule has 21 heavy (non-hydrogen) atoms. The van der Waals surface area contributed by atoms with Crippen LogP contribution in [0, 0.1) is 0 Å². The number of nitrogens with zero attached hydrogens (tertiary/aromatic N) is 3. The number of anilines is 2. The third-order valence-corrected chi connectivity index (χ3v) is 5.51. The monoisotopic (exact) mass is 361 g/mol. The number of hydrogen-bond donors (Lipinski definition) is 0. The summed E-state index contributed by atoms with van der Waals surface area (Å²) >= 11 is 5.33. The van der Waals surface area contributed by atoms with Gasteiger partial charge in [-0.1, -0.05) is 34.1 Å². The largest absolute Gasteiger partial charge is 0.322 e. The number of rotatable bonds is 2. The zero-order chi connectivity index (χ0) is 14.4. The molecule has 1 unspecified atom stereocenters. The van der Waals surface area contributed by atoms with Crippen LogP contribution in [-0.4, -0.2) is 15.4 Å². The number of thiazole rings is 1. The van der Waals surface area contributed by atoms with Crippen molar-refractivity contribution in [3.8, 4) is 0 Å². The second kappa shape index (κ2) is 5.14. The van der Waals surface area contributed by atoms with Crippen molar-refractivity contribution < 1.29 is 0 Å². The number of fused-ring (bicyclic) bond motifs is 2. The van der Waals surface area contributed by atoms with Crippen LogP contribution in [-0.2, 0) is 11.8 Å². The third-order valence-electron chi connectivity index (χ3n) is 4.22. The van der Waals surface area contributed by atoms with Crippen LogP contribution in [0.3, 0.4) is 0 Å². The van der Waals surface area contributed by atoms with E-state index in [0.29, 0.717) is 6.04 Å². The predicted molar refractivity (Wildman–Crippen MR) is 92.1 cm³/mol. The number of aromatic nitrogens is 2. The van der Waals surface area contributed by atoms with Gasteiger partial charge in [0.1, 0.15) is 0 Å². The molecule has 0 saturated carbocycles. The second-order valence-electron chi connectivity index (χ2n) is 5.46. The maximum absolute atomic E-state index is 4.89. The number of aryl methyl sites for hydroxylation is 1. The average Bonchev–Trinajstić information content (AvgIpc) is 3.07. The Morgan fingerprint density at radius 1 is 1.38 bits per heavy atom. The SMILES string of the molecule is CC1CCc2ccccc2N1c1nc2sccn2c1CBr. The molecule has 108 valence electrons. The molecule has 3 nitrogen and oxygen atoms in total. The van der Waals surface area contributed by atoms with Gasteiger partial charge < -0.3 is 4.90 Å². The van der Waals surface area contributed by atoms with Crippen molar-refractivity contribution in [2.75, 3.05) is 4.90 Å². The van der Waals surface area contributed by atoms with Gasteiger partial charge in [0.25, 0.3) is 0 Å². The minimum absolute atomic E-state index is 0.474. The zero-order valence-corrected chi connectivity index (χ0v) is 14.2. The van der Waals surface area contributed by atoms with Crippen molar-refractivity contribution in [3.05, 3.63) is 47.1 Å². The Balaban J connectivity index is 1.93. The summed E-state index contributed by atoms with van der Waals surface area (Å²) in [4.78, 5) is 8.37. The smallest absolute Gasteiger partial charge is 0.195 e. The molecule has 0 radical (unpaired) electrons. The lowest BCUT2D eigenvalue weighted by Crippen LogP contribution is -2.34. The molecule has 0 aliphatic carbocycles. The number of halogens is 1. The molecule has 3 aromatic rings. The number of imidazole rings is 1. The fourth-order valence-corrected chi connectivity index (χ4v) is 4.40. The van der Waals surface area contributed by atoms with Crippen molar-refractivity contribution in [3.63, 3.8) is 0 Å². The van der Waals surface area contributed by atoms with E-state index in [1.54, 1.807) is 11.3 Å². The Bertz CT molecular complexity index is 792. The number of hydrogen-bond acceptors (Lipinski definition) is 3. The highest BCUT2D eigenvalue weighted by Gasteiger charge is 2.28. The minimum Gasteiger partial charge on any atom is -0.322 e. The van der Waals surface area contributed by atoms with Crippen molar-refractivity contribution in [1.29, 1.82) is 0 Å². The molecule has 2 aromatic heterocycles. The highest BCUT2D eigenvalue weighted by molar-refractivity contribution is 9.08. The first-order chi connectivity index (χ1) is 10.3. The van der Waals surface area contributed by atoms with E-state index in [1.165, 1.54) is 23.4 Å². The molecule has 0 saturated heterocycles. The summed E-state index contributed by atoms with van der Waals surface area (Å²) in [6, 6.07) is 9.18. The first kappa shape index (κ1) is 13.3. The summed E-state index contributed by atoms with van der Waals surface area (Å²) in [7, 11) is 0. The molecule has 1 aliphatic rings. The predicted octanol–water partition coefficient (Wildman–Crippen LogP) is 4.76. The Morgan fingerprint density at radius 3 is 3.10 bits per heavy atom. The van der Waals surface area contributed by atoms with Gasteiger partial charge in [-0.15, -0.1) is 11.3 Å². The van der Waals surface area contributed by atoms with E-state index in [1.807, 2.05) is 0 Å². The Morgan fingerprint density at radius 2 is 2.24 bits per heavy atom. The topological polar surface area (TPSA) is 20.5 Å².